The average molecular weight is 676 g/mol. The quantitative estimate of drug-likeness (QED) is 0.169. The molecule has 53 heavy (non-hydrogen) atoms. The third-order valence-electron chi connectivity index (χ3n) is 11.8. The van der Waals surface area contributed by atoms with Crippen molar-refractivity contribution in [2.75, 3.05) is 4.90 Å². The number of nitrogens with zero attached hydrogens (tertiary/aromatic N) is 1. The number of anilines is 3. The Labute approximate surface area is 309 Å². The molecular formula is C50H34BNO. The van der Waals surface area contributed by atoms with Crippen LogP contribution in [0.2, 0.25) is 0 Å². The van der Waals surface area contributed by atoms with Crippen LogP contribution in [0.15, 0.2) is 186 Å². The zero-order chi connectivity index (χ0) is 35.1. The van der Waals surface area contributed by atoms with Gasteiger partial charge < -0.3 is 9.32 Å². The van der Waals surface area contributed by atoms with Gasteiger partial charge in [0.15, 0.2) is 7.28 Å². The monoisotopic (exact) mass is 675 g/mol. The van der Waals surface area contributed by atoms with Crippen molar-refractivity contribution in [2.24, 2.45) is 0 Å². The highest BCUT2D eigenvalue weighted by Gasteiger charge is 2.42. The van der Waals surface area contributed by atoms with Crippen LogP contribution in [-0.2, 0) is 5.41 Å². The highest BCUT2D eigenvalue weighted by Crippen LogP contribution is 2.54. The third-order valence-corrected chi connectivity index (χ3v) is 11.8. The molecule has 9 aromatic rings. The molecule has 1 aliphatic heterocycles. The Bertz CT molecular complexity index is 2840. The van der Waals surface area contributed by atoms with Gasteiger partial charge >= 0.3 is 0 Å². The first-order valence-corrected chi connectivity index (χ1v) is 18.5. The Morgan fingerprint density at radius 3 is 1.85 bits per heavy atom. The number of furan rings is 1. The first-order chi connectivity index (χ1) is 26.2. The van der Waals surface area contributed by atoms with Crippen molar-refractivity contribution in [3.8, 4) is 33.4 Å². The topological polar surface area (TPSA) is 16.4 Å². The second kappa shape index (κ2) is 11.5. The molecule has 0 saturated heterocycles. The molecule has 1 aliphatic carbocycles. The lowest BCUT2D eigenvalue weighted by atomic mass is 9.67. The van der Waals surface area contributed by atoms with Crippen LogP contribution in [0, 0.1) is 0 Å². The van der Waals surface area contributed by atoms with Crippen LogP contribution in [0.25, 0.3) is 55.3 Å². The van der Waals surface area contributed by atoms with Gasteiger partial charge in [-0.05, 0) is 87.2 Å². The molecule has 1 aromatic heterocycles. The minimum atomic E-state index is -0.352. The Morgan fingerprint density at radius 2 is 1.08 bits per heavy atom. The second-order valence-corrected chi connectivity index (χ2v) is 14.6. The standard InChI is InChI=1S/C50H34BNO/c1-50(42-20-8-5-15-36(42)37-16-6-9-21-43(37)50)44-22-11-19-41-39-30-29-35(31-47(39)53-49(41)44)52(34-27-25-33(26-28-34)32-13-3-2-4-14-32)46-24-12-18-40-38-17-7-10-23-45(38)51-48(40)46/h2-31,51H,1H3. The predicted molar refractivity (Wildman–Crippen MR) is 223 cm³/mol. The molecule has 2 aliphatic rings. The van der Waals surface area contributed by atoms with Gasteiger partial charge in [-0.2, -0.15) is 0 Å². The minimum absolute atomic E-state index is 0.352. The molecule has 0 saturated carbocycles. The zero-order valence-corrected chi connectivity index (χ0v) is 29.4. The first-order valence-electron chi connectivity index (χ1n) is 18.5. The van der Waals surface area contributed by atoms with E-state index in [1.54, 1.807) is 0 Å². The van der Waals surface area contributed by atoms with Gasteiger partial charge in [0, 0.05) is 44.9 Å². The summed E-state index contributed by atoms with van der Waals surface area (Å²) in [7, 11) is 0.901. The van der Waals surface area contributed by atoms with E-state index >= 15 is 0 Å². The van der Waals surface area contributed by atoms with E-state index in [0.29, 0.717) is 0 Å². The number of fused-ring (bicyclic) bond motifs is 9. The Hall–Kier alpha value is -6.58. The lowest BCUT2D eigenvalue weighted by Crippen LogP contribution is -2.27. The minimum Gasteiger partial charge on any atom is -0.456 e. The molecule has 248 valence electrons. The van der Waals surface area contributed by atoms with E-state index in [-0.39, 0.29) is 5.41 Å². The summed E-state index contributed by atoms with van der Waals surface area (Å²) in [6.07, 6.45) is 0. The van der Waals surface area contributed by atoms with Gasteiger partial charge in [0.25, 0.3) is 0 Å². The molecular weight excluding hydrogens is 641 g/mol. The fourth-order valence-electron chi connectivity index (χ4n) is 9.27. The third kappa shape index (κ3) is 4.41. The molecule has 0 amide bonds. The first kappa shape index (κ1) is 30.1. The van der Waals surface area contributed by atoms with Crippen molar-refractivity contribution in [1.82, 2.24) is 0 Å². The molecule has 2 heterocycles. The van der Waals surface area contributed by atoms with Gasteiger partial charge in [-0.15, -0.1) is 0 Å². The maximum Gasteiger partial charge on any atom is 0.196 e. The summed E-state index contributed by atoms with van der Waals surface area (Å²) in [5.74, 6) is 0. The molecule has 8 aromatic carbocycles. The highest BCUT2D eigenvalue weighted by molar-refractivity contribution is 6.75. The van der Waals surface area contributed by atoms with Crippen molar-refractivity contribution < 1.29 is 4.42 Å². The molecule has 0 N–H and O–H groups in total. The normalized spacial score (nSPS) is 13.3. The van der Waals surface area contributed by atoms with E-state index in [9.17, 15) is 0 Å². The number of hydrogen-bond donors (Lipinski definition) is 0. The van der Waals surface area contributed by atoms with Crippen molar-refractivity contribution in [3.63, 3.8) is 0 Å². The molecule has 0 bridgehead atoms. The van der Waals surface area contributed by atoms with Crippen LogP contribution < -0.4 is 15.8 Å². The molecule has 11 rings (SSSR count). The number of para-hydroxylation sites is 1. The fourth-order valence-corrected chi connectivity index (χ4v) is 9.27. The second-order valence-electron chi connectivity index (χ2n) is 14.6. The van der Waals surface area contributed by atoms with Gasteiger partial charge in [-0.1, -0.05) is 151 Å². The predicted octanol–water partition coefficient (Wildman–Crippen LogP) is 11.4. The molecule has 0 atom stereocenters. The summed E-state index contributed by atoms with van der Waals surface area (Å²) in [5, 5.41) is 2.26. The van der Waals surface area contributed by atoms with Crippen molar-refractivity contribution >= 4 is 57.2 Å². The summed E-state index contributed by atoms with van der Waals surface area (Å²) >= 11 is 0. The smallest absolute Gasteiger partial charge is 0.196 e. The van der Waals surface area contributed by atoms with Gasteiger partial charge in [0.2, 0.25) is 0 Å². The molecule has 0 radical (unpaired) electrons. The molecule has 0 unspecified atom stereocenters. The van der Waals surface area contributed by atoms with Gasteiger partial charge in [0.05, 0.1) is 0 Å². The van der Waals surface area contributed by atoms with Crippen molar-refractivity contribution in [1.29, 1.82) is 0 Å². The summed E-state index contributed by atoms with van der Waals surface area (Å²) in [5.41, 5.74) is 19.0. The summed E-state index contributed by atoms with van der Waals surface area (Å²) in [6.45, 7) is 2.36. The number of hydrogen-bond acceptors (Lipinski definition) is 2. The van der Waals surface area contributed by atoms with Crippen LogP contribution in [0.5, 0.6) is 0 Å². The van der Waals surface area contributed by atoms with E-state index in [1.165, 1.54) is 66.7 Å². The van der Waals surface area contributed by atoms with Gasteiger partial charge in [0.1, 0.15) is 11.2 Å². The van der Waals surface area contributed by atoms with Gasteiger partial charge in [-0.3, -0.25) is 0 Å². The van der Waals surface area contributed by atoms with Crippen LogP contribution in [0.1, 0.15) is 23.6 Å². The van der Waals surface area contributed by atoms with E-state index in [1.807, 2.05) is 0 Å². The SMILES string of the molecule is CC1(c2cccc3c2oc2cc(N(c4ccc(-c5ccccc5)cc4)c4cccc5c4Bc4ccccc4-5)ccc23)c2ccccc2-c2ccccc21. The largest absolute Gasteiger partial charge is 0.456 e. The Morgan fingerprint density at radius 1 is 0.472 bits per heavy atom. The molecule has 0 spiro atoms. The van der Waals surface area contributed by atoms with E-state index < -0.39 is 0 Å². The lowest BCUT2D eigenvalue weighted by Gasteiger charge is -2.28. The summed E-state index contributed by atoms with van der Waals surface area (Å²) < 4.78 is 7.05. The summed E-state index contributed by atoms with van der Waals surface area (Å²) in [4.78, 5) is 2.41. The summed E-state index contributed by atoms with van der Waals surface area (Å²) in [6, 6.07) is 66.2. The highest BCUT2D eigenvalue weighted by atomic mass is 16.3. The van der Waals surface area contributed by atoms with E-state index in [2.05, 4.69) is 194 Å². The fraction of sp³-hybridized carbons (Fsp3) is 0.0400. The Balaban J connectivity index is 1.10. The van der Waals surface area contributed by atoms with E-state index in [0.717, 1.165) is 40.6 Å². The van der Waals surface area contributed by atoms with Crippen molar-refractivity contribution in [2.45, 2.75) is 12.3 Å². The van der Waals surface area contributed by atoms with Crippen LogP contribution >= 0.6 is 0 Å². The number of rotatable bonds is 5. The number of benzene rings is 8. The van der Waals surface area contributed by atoms with Crippen molar-refractivity contribution in [3.05, 3.63) is 199 Å². The molecule has 3 heteroatoms. The van der Waals surface area contributed by atoms with Crippen LogP contribution in [0.4, 0.5) is 17.1 Å². The lowest BCUT2D eigenvalue weighted by molar-refractivity contribution is 0.638. The van der Waals surface area contributed by atoms with E-state index in [4.69, 9.17) is 4.42 Å². The average Bonchev–Trinajstić information content (AvgIpc) is 3.87. The maximum atomic E-state index is 7.05. The van der Waals surface area contributed by atoms with Gasteiger partial charge in [-0.25, -0.2) is 0 Å². The maximum absolute atomic E-state index is 7.05. The molecule has 0 fully saturated rings. The van der Waals surface area contributed by atoms with Crippen LogP contribution in [0.3, 0.4) is 0 Å². The van der Waals surface area contributed by atoms with Crippen LogP contribution in [-0.4, -0.2) is 7.28 Å². The molecule has 2 nitrogen and oxygen atoms in total. The zero-order valence-electron chi connectivity index (χ0n) is 29.4. The Kier molecular flexibility index (Phi) is 6.51.